The van der Waals surface area contributed by atoms with Crippen LogP contribution in [-0.2, 0) is 0 Å². The summed E-state index contributed by atoms with van der Waals surface area (Å²) in [5.74, 6) is -1.59. The lowest BCUT2D eigenvalue weighted by molar-refractivity contribution is 0.0973. The number of phenols is 2. The first-order valence-corrected chi connectivity index (χ1v) is 6.77. The van der Waals surface area contributed by atoms with Crippen molar-refractivity contribution in [3.05, 3.63) is 51.0 Å². The molecule has 0 unspecified atom stereocenters. The van der Waals surface area contributed by atoms with Crippen LogP contribution in [0.15, 0.2) is 18.2 Å². The molecule has 1 aliphatic rings. The first kappa shape index (κ1) is 14.4. The topological polar surface area (TPSA) is 83.8 Å². The van der Waals surface area contributed by atoms with Crippen LogP contribution < -0.4 is 4.74 Å². The number of rotatable bonds is 1. The van der Waals surface area contributed by atoms with Gasteiger partial charge in [-0.25, -0.2) is 0 Å². The molecule has 0 aliphatic heterocycles. The van der Waals surface area contributed by atoms with Crippen LogP contribution in [0.25, 0.3) is 0 Å². The molecule has 0 radical (unpaired) electrons. The molecule has 0 atom stereocenters. The largest absolute Gasteiger partial charge is 0.508 e. The minimum absolute atomic E-state index is 0.00743. The number of aromatic hydroxyl groups is 2. The minimum atomic E-state index is -0.569. The van der Waals surface area contributed by atoms with Gasteiger partial charge in [0.25, 0.3) is 0 Å². The van der Waals surface area contributed by atoms with E-state index >= 15 is 0 Å². The summed E-state index contributed by atoms with van der Waals surface area (Å²) in [6, 6.07) is 3.90. The van der Waals surface area contributed by atoms with Crippen molar-refractivity contribution in [2.45, 2.75) is 6.92 Å². The van der Waals surface area contributed by atoms with E-state index in [0.717, 1.165) is 0 Å². The number of aryl methyl sites for hydroxylation is 1. The Hall–Kier alpha value is -2.53. The monoisotopic (exact) mass is 318 g/mol. The summed E-state index contributed by atoms with van der Waals surface area (Å²) < 4.78 is 5.07. The van der Waals surface area contributed by atoms with Crippen LogP contribution in [0.2, 0.25) is 5.02 Å². The van der Waals surface area contributed by atoms with E-state index in [9.17, 15) is 19.8 Å². The molecule has 0 amide bonds. The Bertz CT molecular complexity index is 854. The second-order valence-electron chi connectivity index (χ2n) is 5.01. The number of phenolic OH excluding ortho intramolecular Hbond substituents is 2. The smallest absolute Gasteiger partial charge is 0.202 e. The fourth-order valence-corrected chi connectivity index (χ4v) is 2.78. The molecule has 0 spiro atoms. The molecule has 0 aromatic heterocycles. The molecule has 2 aromatic rings. The van der Waals surface area contributed by atoms with Gasteiger partial charge < -0.3 is 14.9 Å². The van der Waals surface area contributed by atoms with Gasteiger partial charge in [0.1, 0.15) is 17.2 Å². The Morgan fingerprint density at radius 1 is 1.00 bits per heavy atom. The first-order valence-electron chi connectivity index (χ1n) is 6.39. The van der Waals surface area contributed by atoms with Crippen molar-refractivity contribution in [2.75, 3.05) is 7.11 Å². The van der Waals surface area contributed by atoms with Gasteiger partial charge in [0.05, 0.1) is 23.3 Å². The van der Waals surface area contributed by atoms with E-state index < -0.39 is 17.3 Å². The van der Waals surface area contributed by atoms with E-state index in [-0.39, 0.29) is 38.8 Å². The number of ether oxygens (including phenoxy) is 1. The number of halogens is 1. The predicted octanol–water partition coefficient (Wildman–Crippen LogP) is 2.84. The van der Waals surface area contributed by atoms with E-state index in [1.54, 1.807) is 6.92 Å². The van der Waals surface area contributed by atoms with Crippen LogP contribution in [0.4, 0.5) is 0 Å². The molecule has 0 saturated heterocycles. The summed E-state index contributed by atoms with van der Waals surface area (Å²) in [5.41, 5.74) is 0.444. The van der Waals surface area contributed by atoms with Crippen molar-refractivity contribution in [2.24, 2.45) is 0 Å². The fourth-order valence-electron chi connectivity index (χ4n) is 2.63. The molecule has 112 valence electrons. The average molecular weight is 319 g/mol. The zero-order valence-corrected chi connectivity index (χ0v) is 12.5. The Morgan fingerprint density at radius 3 is 2.27 bits per heavy atom. The molecule has 5 nitrogen and oxygen atoms in total. The van der Waals surface area contributed by atoms with Gasteiger partial charge in [-0.2, -0.15) is 0 Å². The van der Waals surface area contributed by atoms with Crippen molar-refractivity contribution in [3.8, 4) is 17.2 Å². The normalized spacial score (nSPS) is 12.9. The number of benzene rings is 2. The van der Waals surface area contributed by atoms with Crippen LogP contribution >= 0.6 is 11.6 Å². The third-order valence-corrected chi connectivity index (χ3v) is 4.15. The highest BCUT2D eigenvalue weighted by Crippen LogP contribution is 2.42. The zero-order chi connectivity index (χ0) is 16.2. The zero-order valence-electron chi connectivity index (χ0n) is 11.7. The SMILES string of the molecule is COc1cc(O)cc2c1C(=O)c1c(cc(C)c(Cl)c1O)C2=O. The molecule has 0 saturated carbocycles. The highest BCUT2D eigenvalue weighted by Gasteiger charge is 2.36. The lowest BCUT2D eigenvalue weighted by Crippen LogP contribution is -2.22. The average Bonchev–Trinajstić information content (AvgIpc) is 2.48. The van der Waals surface area contributed by atoms with E-state index in [1.165, 1.54) is 25.3 Å². The van der Waals surface area contributed by atoms with Crippen LogP contribution in [0.1, 0.15) is 37.4 Å². The van der Waals surface area contributed by atoms with Crippen molar-refractivity contribution < 1.29 is 24.5 Å². The van der Waals surface area contributed by atoms with Crippen LogP contribution in [-0.4, -0.2) is 28.9 Å². The Balaban J connectivity index is 2.40. The number of carbonyl (C=O) groups is 2. The number of ketones is 2. The third-order valence-electron chi connectivity index (χ3n) is 3.67. The Morgan fingerprint density at radius 2 is 1.64 bits per heavy atom. The lowest BCUT2D eigenvalue weighted by Gasteiger charge is -2.21. The molecule has 6 heteroatoms. The number of hydrogen-bond acceptors (Lipinski definition) is 5. The van der Waals surface area contributed by atoms with Crippen LogP contribution in [0.3, 0.4) is 0 Å². The maximum absolute atomic E-state index is 12.7. The number of hydrogen-bond donors (Lipinski definition) is 2. The predicted molar refractivity (Wildman–Crippen MR) is 79.4 cm³/mol. The molecule has 22 heavy (non-hydrogen) atoms. The Kier molecular flexibility index (Phi) is 3.11. The van der Waals surface area contributed by atoms with E-state index in [1.807, 2.05) is 0 Å². The van der Waals surface area contributed by atoms with Gasteiger partial charge in [-0.05, 0) is 24.6 Å². The summed E-state index contributed by atoms with van der Waals surface area (Å²) in [4.78, 5) is 25.3. The van der Waals surface area contributed by atoms with Crippen molar-refractivity contribution in [3.63, 3.8) is 0 Å². The van der Waals surface area contributed by atoms with Gasteiger partial charge >= 0.3 is 0 Å². The van der Waals surface area contributed by atoms with Crippen molar-refractivity contribution in [1.29, 1.82) is 0 Å². The fraction of sp³-hybridized carbons (Fsp3) is 0.125. The number of methoxy groups -OCH3 is 1. The molecule has 1 aliphatic carbocycles. The van der Waals surface area contributed by atoms with Gasteiger partial charge in [-0.1, -0.05) is 11.6 Å². The molecule has 3 rings (SSSR count). The molecule has 2 aromatic carbocycles. The molecule has 0 heterocycles. The first-order chi connectivity index (χ1) is 10.4. The number of fused-ring (bicyclic) bond motifs is 2. The summed E-state index contributed by atoms with van der Waals surface area (Å²) >= 11 is 5.97. The lowest BCUT2D eigenvalue weighted by atomic mass is 9.82. The standard InChI is InChI=1S/C16H11ClO5/c1-6-3-8-12(16(21)13(6)17)15(20)11-9(14(8)19)4-7(18)5-10(11)22-2/h3-5,18,21H,1-2H3. The van der Waals surface area contributed by atoms with Crippen molar-refractivity contribution >= 4 is 23.2 Å². The Labute approximate surface area is 130 Å². The van der Waals surface area contributed by atoms with Gasteiger partial charge in [-0.3, -0.25) is 9.59 Å². The number of carbonyl (C=O) groups excluding carboxylic acids is 2. The van der Waals surface area contributed by atoms with E-state index in [4.69, 9.17) is 16.3 Å². The maximum atomic E-state index is 12.7. The summed E-state index contributed by atoms with van der Waals surface area (Å²) in [6.07, 6.45) is 0. The molecular formula is C16H11ClO5. The van der Waals surface area contributed by atoms with Gasteiger partial charge in [0.15, 0.2) is 5.78 Å². The van der Waals surface area contributed by atoms with Gasteiger partial charge in [-0.15, -0.1) is 0 Å². The summed E-state index contributed by atoms with van der Waals surface area (Å²) in [5, 5.41) is 19.9. The quantitative estimate of drug-likeness (QED) is 0.720. The molecule has 0 bridgehead atoms. The van der Waals surface area contributed by atoms with Crippen LogP contribution in [0.5, 0.6) is 17.2 Å². The summed E-state index contributed by atoms with van der Waals surface area (Å²) in [7, 11) is 1.32. The summed E-state index contributed by atoms with van der Waals surface area (Å²) in [6.45, 7) is 1.62. The van der Waals surface area contributed by atoms with Crippen LogP contribution in [0, 0.1) is 6.92 Å². The van der Waals surface area contributed by atoms with Gasteiger partial charge in [0.2, 0.25) is 5.78 Å². The van der Waals surface area contributed by atoms with Gasteiger partial charge in [0, 0.05) is 17.2 Å². The van der Waals surface area contributed by atoms with E-state index in [2.05, 4.69) is 0 Å². The molecular weight excluding hydrogens is 308 g/mol. The highest BCUT2D eigenvalue weighted by molar-refractivity contribution is 6.36. The molecule has 2 N–H and O–H groups in total. The second-order valence-corrected chi connectivity index (χ2v) is 5.39. The second kappa shape index (κ2) is 4.74. The van der Waals surface area contributed by atoms with E-state index in [0.29, 0.717) is 5.56 Å². The maximum Gasteiger partial charge on any atom is 0.202 e. The van der Waals surface area contributed by atoms with Crippen molar-refractivity contribution in [1.82, 2.24) is 0 Å². The third kappa shape index (κ3) is 1.79. The highest BCUT2D eigenvalue weighted by atomic mass is 35.5. The molecule has 0 fully saturated rings. The minimum Gasteiger partial charge on any atom is -0.508 e.